The Hall–Kier alpha value is -3.10. The lowest BCUT2D eigenvalue weighted by Crippen LogP contribution is -2.22. The largest absolute Gasteiger partial charge is 0.345 e. The zero-order chi connectivity index (χ0) is 23.6. The van der Waals surface area contributed by atoms with Crippen LogP contribution >= 0.6 is 23.4 Å². The number of benzene rings is 2. The first-order valence-corrected chi connectivity index (χ1v) is 12.0. The summed E-state index contributed by atoms with van der Waals surface area (Å²) in [4.78, 5) is 24.5. The highest BCUT2D eigenvalue weighted by molar-refractivity contribution is 7.99. The molecular weight excluding hydrogens is 458 g/mol. The summed E-state index contributed by atoms with van der Waals surface area (Å²) in [5.41, 5.74) is 2.75. The Labute approximate surface area is 202 Å². The highest BCUT2D eigenvalue weighted by Crippen LogP contribution is 2.19. The SMILES string of the molecule is CCc1ccc(NC(=O)CSc2nnc(CNC(=O)/C=C/c3ccccc3Cl)n2CC)cc1. The number of hydrogen-bond acceptors (Lipinski definition) is 5. The number of carbonyl (C=O) groups is 2. The van der Waals surface area contributed by atoms with E-state index in [-0.39, 0.29) is 24.1 Å². The first-order valence-electron chi connectivity index (χ1n) is 10.6. The van der Waals surface area contributed by atoms with Crippen molar-refractivity contribution in [2.75, 3.05) is 11.1 Å². The second kappa shape index (κ2) is 12.2. The molecule has 0 spiro atoms. The number of rotatable bonds is 10. The van der Waals surface area contributed by atoms with Gasteiger partial charge in [0.05, 0.1) is 12.3 Å². The smallest absolute Gasteiger partial charge is 0.244 e. The maximum Gasteiger partial charge on any atom is 0.244 e. The summed E-state index contributed by atoms with van der Waals surface area (Å²) < 4.78 is 1.88. The number of halogens is 1. The van der Waals surface area contributed by atoms with Crippen molar-refractivity contribution in [2.45, 2.75) is 38.5 Å². The van der Waals surface area contributed by atoms with E-state index in [1.54, 1.807) is 12.1 Å². The van der Waals surface area contributed by atoms with Gasteiger partial charge in [-0.25, -0.2) is 0 Å². The fourth-order valence-electron chi connectivity index (χ4n) is 3.03. The number of anilines is 1. The summed E-state index contributed by atoms with van der Waals surface area (Å²) >= 11 is 7.40. The topological polar surface area (TPSA) is 88.9 Å². The molecule has 33 heavy (non-hydrogen) atoms. The van der Waals surface area contributed by atoms with E-state index in [1.165, 1.54) is 23.4 Å². The van der Waals surface area contributed by atoms with Crippen LogP contribution in [0.4, 0.5) is 5.69 Å². The van der Waals surface area contributed by atoms with E-state index in [0.717, 1.165) is 17.7 Å². The van der Waals surface area contributed by atoms with Crippen LogP contribution in [0.3, 0.4) is 0 Å². The predicted molar refractivity (Wildman–Crippen MR) is 133 cm³/mol. The molecule has 0 fully saturated rings. The predicted octanol–water partition coefficient (Wildman–Crippen LogP) is 4.57. The Morgan fingerprint density at radius 2 is 1.85 bits per heavy atom. The molecule has 1 heterocycles. The van der Waals surface area contributed by atoms with Gasteiger partial charge in [-0.15, -0.1) is 10.2 Å². The van der Waals surface area contributed by atoms with Crippen LogP contribution < -0.4 is 10.6 Å². The summed E-state index contributed by atoms with van der Waals surface area (Å²) in [7, 11) is 0. The average molecular weight is 484 g/mol. The summed E-state index contributed by atoms with van der Waals surface area (Å²) in [5.74, 6) is 0.452. The summed E-state index contributed by atoms with van der Waals surface area (Å²) in [6, 6.07) is 15.1. The van der Waals surface area contributed by atoms with Crippen molar-refractivity contribution >= 4 is 46.9 Å². The van der Waals surface area contributed by atoms with Gasteiger partial charge in [-0.1, -0.05) is 60.6 Å². The van der Waals surface area contributed by atoms with Crippen LogP contribution in [0.25, 0.3) is 6.08 Å². The van der Waals surface area contributed by atoms with Gasteiger partial charge >= 0.3 is 0 Å². The molecule has 3 aromatic rings. The molecule has 7 nitrogen and oxygen atoms in total. The third-order valence-electron chi connectivity index (χ3n) is 4.83. The fraction of sp³-hybridized carbons (Fsp3) is 0.250. The van der Waals surface area contributed by atoms with Crippen molar-refractivity contribution in [1.82, 2.24) is 20.1 Å². The zero-order valence-electron chi connectivity index (χ0n) is 18.5. The van der Waals surface area contributed by atoms with Crippen molar-refractivity contribution in [3.05, 3.63) is 76.6 Å². The average Bonchev–Trinajstić information content (AvgIpc) is 3.23. The number of thioether (sulfide) groups is 1. The molecule has 0 saturated heterocycles. The zero-order valence-corrected chi connectivity index (χ0v) is 20.1. The molecule has 0 aliphatic rings. The lowest BCUT2D eigenvalue weighted by atomic mass is 10.1. The lowest BCUT2D eigenvalue weighted by Gasteiger charge is -2.08. The van der Waals surface area contributed by atoms with Gasteiger partial charge in [-0.2, -0.15) is 0 Å². The van der Waals surface area contributed by atoms with Crippen LogP contribution in [0, 0.1) is 0 Å². The van der Waals surface area contributed by atoms with Crippen LogP contribution in [0.5, 0.6) is 0 Å². The monoisotopic (exact) mass is 483 g/mol. The van der Waals surface area contributed by atoms with E-state index in [9.17, 15) is 9.59 Å². The van der Waals surface area contributed by atoms with E-state index in [2.05, 4.69) is 27.8 Å². The number of nitrogens with one attached hydrogen (secondary N) is 2. The number of amides is 2. The van der Waals surface area contributed by atoms with Crippen LogP contribution in [0.1, 0.15) is 30.8 Å². The summed E-state index contributed by atoms with van der Waals surface area (Å²) in [6.45, 7) is 4.90. The maximum atomic E-state index is 12.3. The first kappa shape index (κ1) is 24.5. The van der Waals surface area contributed by atoms with Crippen molar-refractivity contribution in [3.8, 4) is 0 Å². The quantitative estimate of drug-likeness (QED) is 0.325. The van der Waals surface area contributed by atoms with Crippen LogP contribution in [-0.4, -0.2) is 32.3 Å². The molecule has 0 aliphatic heterocycles. The van der Waals surface area contributed by atoms with Gasteiger partial charge in [-0.05, 0) is 48.7 Å². The molecule has 2 amide bonds. The number of aryl methyl sites for hydroxylation is 1. The molecule has 2 N–H and O–H groups in total. The molecular formula is C24H26ClN5O2S. The molecule has 0 radical (unpaired) electrons. The number of aromatic nitrogens is 3. The van der Waals surface area contributed by atoms with Crippen LogP contribution in [0.2, 0.25) is 5.02 Å². The van der Waals surface area contributed by atoms with Gasteiger partial charge in [0.15, 0.2) is 11.0 Å². The van der Waals surface area contributed by atoms with Gasteiger partial charge in [0.1, 0.15) is 0 Å². The Morgan fingerprint density at radius 3 is 2.55 bits per heavy atom. The summed E-state index contributed by atoms with van der Waals surface area (Å²) in [6.07, 6.45) is 4.05. The van der Waals surface area contributed by atoms with Crippen molar-refractivity contribution in [3.63, 3.8) is 0 Å². The van der Waals surface area contributed by atoms with E-state index in [1.807, 2.05) is 54.0 Å². The second-order valence-corrected chi connectivity index (χ2v) is 8.45. The minimum Gasteiger partial charge on any atom is -0.345 e. The molecule has 0 unspecified atom stereocenters. The van der Waals surface area contributed by atoms with Gasteiger partial charge in [0.2, 0.25) is 11.8 Å². The third-order valence-corrected chi connectivity index (χ3v) is 6.14. The van der Waals surface area contributed by atoms with Crippen molar-refractivity contribution in [2.24, 2.45) is 0 Å². The van der Waals surface area contributed by atoms with E-state index >= 15 is 0 Å². The van der Waals surface area contributed by atoms with Crippen LogP contribution in [0.15, 0.2) is 59.8 Å². The molecule has 172 valence electrons. The minimum absolute atomic E-state index is 0.116. The molecule has 9 heteroatoms. The molecule has 3 rings (SSSR count). The Balaban J connectivity index is 1.52. The Bertz CT molecular complexity index is 1130. The van der Waals surface area contributed by atoms with Crippen molar-refractivity contribution < 1.29 is 9.59 Å². The highest BCUT2D eigenvalue weighted by atomic mass is 35.5. The molecule has 2 aromatic carbocycles. The standard InChI is InChI=1S/C24H26ClN5O2S/c1-3-17-9-12-19(13-10-17)27-23(32)16-33-24-29-28-21(30(24)4-2)15-26-22(31)14-11-18-7-5-6-8-20(18)25/h5-14H,3-4,15-16H2,1-2H3,(H,26,31)(H,27,32)/b14-11+. The van der Waals surface area contributed by atoms with Gasteiger partial charge < -0.3 is 15.2 Å². The molecule has 0 atom stereocenters. The fourth-order valence-corrected chi connectivity index (χ4v) is 4.05. The van der Waals surface area contributed by atoms with Gasteiger partial charge in [0.25, 0.3) is 0 Å². The van der Waals surface area contributed by atoms with E-state index in [0.29, 0.717) is 22.5 Å². The second-order valence-electron chi connectivity index (χ2n) is 7.10. The van der Waals surface area contributed by atoms with Crippen molar-refractivity contribution in [1.29, 1.82) is 0 Å². The molecule has 0 saturated carbocycles. The number of hydrogen-bond donors (Lipinski definition) is 2. The van der Waals surface area contributed by atoms with Crippen LogP contribution in [-0.2, 0) is 29.1 Å². The minimum atomic E-state index is -0.261. The van der Waals surface area contributed by atoms with Gasteiger partial charge in [0, 0.05) is 23.3 Å². The molecule has 0 bridgehead atoms. The Morgan fingerprint density at radius 1 is 1.09 bits per heavy atom. The van der Waals surface area contributed by atoms with E-state index in [4.69, 9.17) is 11.6 Å². The number of nitrogens with zero attached hydrogens (tertiary/aromatic N) is 3. The maximum absolute atomic E-state index is 12.3. The normalized spacial score (nSPS) is 11.0. The molecule has 1 aromatic heterocycles. The van der Waals surface area contributed by atoms with Gasteiger partial charge in [-0.3, -0.25) is 9.59 Å². The highest BCUT2D eigenvalue weighted by Gasteiger charge is 2.14. The summed E-state index contributed by atoms with van der Waals surface area (Å²) in [5, 5.41) is 15.3. The lowest BCUT2D eigenvalue weighted by molar-refractivity contribution is -0.116. The number of carbonyl (C=O) groups excluding carboxylic acids is 2. The Kier molecular flexibility index (Phi) is 9.09. The van der Waals surface area contributed by atoms with E-state index < -0.39 is 0 Å². The first-order chi connectivity index (χ1) is 16.0. The third kappa shape index (κ3) is 7.20. The molecule has 0 aliphatic carbocycles.